The summed E-state index contributed by atoms with van der Waals surface area (Å²) >= 11 is 5.85. The Kier molecular flexibility index (Phi) is 4.91. The molecule has 20 heavy (non-hydrogen) atoms. The van der Waals surface area contributed by atoms with Gasteiger partial charge in [0.1, 0.15) is 0 Å². The second-order valence-electron chi connectivity index (χ2n) is 4.06. The Morgan fingerprint density at radius 1 is 1.20 bits per heavy atom. The van der Waals surface area contributed by atoms with Gasteiger partial charge in [0.25, 0.3) is 0 Å². The van der Waals surface area contributed by atoms with Gasteiger partial charge in [0.05, 0.1) is 12.3 Å². The molecule has 1 heterocycles. The number of hydrogen-bond acceptors (Lipinski definition) is 3. The molecule has 0 bridgehead atoms. The molecule has 0 N–H and O–H groups in total. The van der Waals surface area contributed by atoms with Crippen molar-refractivity contribution >= 4 is 23.6 Å². The van der Waals surface area contributed by atoms with Crippen molar-refractivity contribution in [2.75, 3.05) is 6.61 Å². The van der Waals surface area contributed by atoms with Crippen molar-refractivity contribution in [2.24, 2.45) is 0 Å². The Bertz CT molecular complexity index is 603. The highest BCUT2D eigenvalue weighted by Crippen LogP contribution is 2.20. The summed E-state index contributed by atoms with van der Waals surface area (Å²) < 4.78 is 4.80. The van der Waals surface area contributed by atoms with Crippen LogP contribution in [-0.4, -0.2) is 17.6 Å². The van der Waals surface area contributed by atoms with E-state index in [-0.39, 0.29) is 5.97 Å². The first-order valence-electron chi connectivity index (χ1n) is 6.26. The monoisotopic (exact) mass is 287 g/mol. The molecule has 2 rings (SSSR count). The van der Waals surface area contributed by atoms with Gasteiger partial charge in [-0.05, 0) is 36.8 Å². The van der Waals surface area contributed by atoms with Crippen LogP contribution in [0.2, 0.25) is 5.02 Å². The van der Waals surface area contributed by atoms with Crippen LogP contribution in [0.1, 0.15) is 12.6 Å². The molecule has 0 radical (unpaired) electrons. The molecule has 0 saturated carbocycles. The van der Waals surface area contributed by atoms with Crippen LogP contribution in [0.25, 0.3) is 17.2 Å². The Morgan fingerprint density at radius 3 is 2.50 bits per heavy atom. The van der Waals surface area contributed by atoms with Gasteiger partial charge in [0, 0.05) is 22.9 Å². The minimum absolute atomic E-state index is 0.365. The number of esters is 1. The fourth-order valence-corrected chi connectivity index (χ4v) is 1.79. The molecule has 0 atom stereocenters. The number of hydrogen-bond donors (Lipinski definition) is 0. The summed E-state index contributed by atoms with van der Waals surface area (Å²) in [5.41, 5.74) is 2.74. The third kappa shape index (κ3) is 3.93. The summed E-state index contributed by atoms with van der Waals surface area (Å²) in [6.45, 7) is 2.14. The number of benzene rings is 1. The summed E-state index contributed by atoms with van der Waals surface area (Å²) in [5, 5.41) is 0.704. The van der Waals surface area contributed by atoms with E-state index in [4.69, 9.17) is 16.3 Å². The Balaban J connectivity index is 2.10. The molecule has 0 fully saturated rings. The van der Waals surface area contributed by atoms with E-state index in [1.54, 1.807) is 19.2 Å². The molecule has 0 amide bonds. The van der Waals surface area contributed by atoms with Crippen LogP contribution in [0.5, 0.6) is 0 Å². The molecule has 0 saturated heterocycles. The lowest BCUT2D eigenvalue weighted by Crippen LogP contribution is -1.98. The van der Waals surface area contributed by atoms with Crippen LogP contribution in [0, 0.1) is 0 Å². The summed E-state index contributed by atoms with van der Waals surface area (Å²) in [7, 11) is 0. The number of rotatable bonds is 4. The quantitative estimate of drug-likeness (QED) is 0.631. The third-order valence-electron chi connectivity index (χ3n) is 2.64. The average Bonchev–Trinajstić information content (AvgIpc) is 2.47. The van der Waals surface area contributed by atoms with Gasteiger partial charge in [-0.2, -0.15) is 0 Å². The summed E-state index contributed by atoms with van der Waals surface area (Å²) in [6, 6.07) is 11.3. The van der Waals surface area contributed by atoms with Crippen LogP contribution in [0.3, 0.4) is 0 Å². The van der Waals surface area contributed by atoms with E-state index >= 15 is 0 Å². The molecule has 1 aromatic heterocycles. The Labute approximate surface area is 122 Å². The highest BCUT2D eigenvalue weighted by molar-refractivity contribution is 6.30. The molecule has 0 aliphatic rings. The molecule has 3 nitrogen and oxygen atoms in total. The van der Waals surface area contributed by atoms with Gasteiger partial charge < -0.3 is 4.74 Å². The summed E-state index contributed by atoms with van der Waals surface area (Å²) in [5.74, 6) is -0.365. The number of pyridine rings is 1. The molecule has 0 spiro atoms. The van der Waals surface area contributed by atoms with Gasteiger partial charge in [-0.25, -0.2) is 4.79 Å². The molecule has 0 aliphatic carbocycles. The Morgan fingerprint density at radius 2 is 1.90 bits per heavy atom. The van der Waals surface area contributed by atoms with Crippen molar-refractivity contribution in [3.63, 3.8) is 0 Å². The molecule has 2 aromatic rings. The highest BCUT2D eigenvalue weighted by Gasteiger charge is 1.99. The second kappa shape index (κ2) is 6.87. The van der Waals surface area contributed by atoms with Gasteiger partial charge in [-0.15, -0.1) is 0 Å². The topological polar surface area (TPSA) is 39.2 Å². The first-order chi connectivity index (χ1) is 9.69. The maximum Gasteiger partial charge on any atom is 0.330 e. The lowest BCUT2D eigenvalue weighted by atomic mass is 10.1. The van der Waals surface area contributed by atoms with Crippen LogP contribution >= 0.6 is 11.6 Å². The second-order valence-corrected chi connectivity index (χ2v) is 4.50. The zero-order valence-electron chi connectivity index (χ0n) is 11.0. The fraction of sp³-hybridized carbons (Fsp3) is 0.125. The summed E-state index contributed by atoms with van der Waals surface area (Å²) in [6.07, 6.45) is 4.76. The predicted octanol–water partition coefficient (Wildman–Crippen LogP) is 3.98. The molecular weight excluding hydrogens is 274 g/mol. The van der Waals surface area contributed by atoms with Crippen LogP contribution < -0.4 is 0 Å². The van der Waals surface area contributed by atoms with Gasteiger partial charge in [0.2, 0.25) is 0 Å². The number of carbonyl (C=O) groups excluding carboxylic acids is 1. The first-order valence-corrected chi connectivity index (χ1v) is 6.63. The zero-order chi connectivity index (χ0) is 14.4. The molecular formula is C16H14ClNO2. The molecule has 1 aromatic carbocycles. The lowest BCUT2D eigenvalue weighted by molar-refractivity contribution is -0.137. The molecule has 0 aliphatic heterocycles. The number of aromatic nitrogens is 1. The van der Waals surface area contributed by atoms with Gasteiger partial charge in [0.15, 0.2) is 0 Å². The lowest BCUT2D eigenvalue weighted by Gasteiger charge is -2.02. The first kappa shape index (κ1) is 14.3. The number of carbonyl (C=O) groups is 1. The molecule has 4 heteroatoms. The third-order valence-corrected chi connectivity index (χ3v) is 2.89. The van der Waals surface area contributed by atoms with E-state index < -0.39 is 0 Å². The SMILES string of the molecule is CCOC(=O)/C=C/c1ccc(-c2ccc(Cl)cc2)cn1. The van der Waals surface area contributed by atoms with Crippen LogP contribution in [-0.2, 0) is 9.53 Å². The van der Waals surface area contributed by atoms with E-state index in [0.717, 1.165) is 11.1 Å². The highest BCUT2D eigenvalue weighted by atomic mass is 35.5. The van der Waals surface area contributed by atoms with E-state index in [9.17, 15) is 4.79 Å². The molecule has 102 valence electrons. The Hall–Kier alpha value is -2.13. The van der Waals surface area contributed by atoms with Crippen molar-refractivity contribution in [3.8, 4) is 11.1 Å². The van der Waals surface area contributed by atoms with Crippen LogP contribution in [0.4, 0.5) is 0 Å². The van der Waals surface area contributed by atoms with Gasteiger partial charge >= 0.3 is 5.97 Å². The number of halogens is 1. The van der Waals surface area contributed by atoms with E-state index in [1.165, 1.54) is 6.08 Å². The fourth-order valence-electron chi connectivity index (χ4n) is 1.66. The predicted molar refractivity (Wildman–Crippen MR) is 80.4 cm³/mol. The maximum atomic E-state index is 11.2. The van der Waals surface area contributed by atoms with Crippen molar-refractivity contribution in [2.45, 2.75) is 6.92 Å². The van der Waals surface area contributed by atoms with Gasteiger partial charge in [-0.3, -0.25) is 4.98 Å². The van der Waals surface area contributed by atoms with E-state index in [1.807, 2.05) is 36.4 Å². The van der Waals surface area contributed by atoms with Gasteiger partial charge in [-0.1, -0.05) is 29.8 Å². The standard InChI is InChI=1S/C16H14ClNO2/c1-2-20-16(19)10-9-15-8-5-13(11-18-15)12-3-6-14(17)7-4-12/h3-11H,2H2,1H3/b10-9+. The van der Waals surface area contributed by atoms with Crippen molar-refractivity contribution in [1.29, 1.82) is 0 Å². The van der Waals surface area contributed by atoms with Crippen molar-refractivity contribution in [1.82, 2.24) is 4.98 Å². The number of ether oxygens (including phenoxy) is 1. The average molecular weight is 288 g/mol. The maximum absolute atomic E-state index is 11.2. The van der Waals surface area contributed by atoms with E-state index in [0.29, 0.717) is 17.3 Å². The van der Waals surface area contributed by atoms with Crippen molar-refractivity contribution in [3.05, 3.63) is 59.4 Å². The summed E-state index contributed by atoms with van der Waals surface area (Å²) in [4.78, 5) is 15.5. The van der Waals surface area contributed by atoms with Crippen molar-refractivity contribution < 1.29 is 9.53 Å². The largest absolute Gasteiger partial charge is 0.463 e. The minimum atomic E-state index is -0.365. The van der Waals surface area contributed by atoms with Crippen LogP contribution in [0.15, 0.2) is 48.7 Å². The zero-order valence-corrected chi connectivity index (χ0v) is 11.8. The molecule has 0 unspecified atom stereocenters. The van der Waals surface area contributed by atoms with E-state index in [2.05, 4.69) is 4.98 Å². The number of nitrogens with zero attached hydrogens (tertiary/aromatic N) is 1. The minimum Gasteiger partial charge on any atom is -0.463 e. The smallest absolute Gasteiger partial charge is 0.330 e. The normalized spacial score (nSPS) is 10.7.